The van der Waals surface area contributed by atoms with E-state index in [0.29, 0.717) is 18.6 Å². The first-order valence-corrected chi connectivity index (χ1v) is 7.66. The van der Waals surface area contributed by atoms with E-state index in [0.717, 1.165) is 19.4 Å². The second-order valence-corrected chi connectivity index (χ2v) is 6.04. The van der Waals surface area contributed by atoms with Gasteiger partial charge in [0.15, 0.2) is 0 Å². The Balaban J connectivity index is 1.93. The number of rotatable bonds is 6. The number of nitrogens with one attached hydrogen (secondary N) is 1. The molecule has 1 aliphatic carbocycles. The number of benzene rings is 1. The van der Waals surface area contributed by atoms with Crippen LogP contribution in [0.3, 0.4) is 0 Å². The van der Waals surface area contributed by atoms with Gasteiger partial charge in [-0.3, -0.25) is 0 Å². The van der Waals surface area contributed by atoms with Gasteiger partial charge in [-0.15, -0.1) is 0 Å². The molecule has 0 spiro atoms. The van der Waals surface area contributed by atoms with E-state index < -0.39 is 0 Å². The summed E-state index contributed by atoms with van der Waals surface area (Å²) in [5, 5.41) is 12.7. The predicted molar refractivity (Wildman–Crippen MR) is 78.7 cm³/mol. The highest BCUT2D eigenvalue weighted by Crippen LogP contribution is 2.33. The Morgan fingerprint density at radius 1 is 1.50 bits per heavy atom. The van der Waals surface area contributed by atoms with Crippen LogP contribution in [-0.4, -0.2) is 18.3 Å². The lowest BCUT2D eigenvalue weighted by Gasteiger charge is -2.19. The number of halogens is 1. The smallest absolute Gasteiger partial charge is 0.0434 e. The maximum atomic E-state index is 9.02. The minimum Gasteiger partial charge on any atom is -0.396 e. The third kappa shape index (κ3) is 3.34. The minimum absolute atomic E-state index is 0.300. The highest BCUT2D eigenvalue weighted by Gasteiger charge is 2.22. The van der Waals surface area contributed by atoms with Crippen LogP contribution in [0.5, 0.6) is 0 Å². The maximum absolute atomic E-state index is 9.02. The third-order valence-corrected chi connectivity index (χ3v) is 4.44. The first-order chi connectivity index (χ1) is 8.74. The van der Waals surface area contributed by atoms with Gasteiger partial charge in [0.1, 0.15) is 0 Å². The van der Waals surface area contributed by atoms with E-state index in [1.165, 1.54) is 28.4 Å². The van der Waals surface area contributed by atoms with Crippen LogP contribution in [0.4, 0.5) is 0 Å². The second kappa shape index (κ2) is 6.69. The molecular weight excluding hydrogens is 290 g/mol. The van der Waals surface area contributed by atoms with E-state index in [1.807, 2.05) is 0 Å². The van der Waals surface area contributed by atoms with Crippen LogP contribution in [0, 0.1) is 5.92 Å². The molecule has 2 atom stereocenters. The summed E-state index contributed by atoms with van der Waals surface area (Å²) in [6.07, 6.45) is 4.40. The monoisotopic (exact) mass is 311 g/mol. The van der Waals surface area contributed by atoms with E-state index in [-0.39, 0.29) is 0 Å². The van der Waals surface area contributed by atoms with Gasteiger partial charge in [-0.1, -0.05) is 35.3 Å². The molecule has 2 rings (SSSR count). The highest BCUT2D eigenvalue weighted by molar-refractivity contribution is 9.10. The zero-order valence-electron chi connectivity index (χ0n) is 11.0. The first kappa shape index (κ1) is 14.0. The molecule has 0 fully saturated rings. The summed E-state index contributed by atoms with van der Waals surface area (Å²) in [6, 6.07) is 7.10. The highest BCUT2D eigenvalue weighted by atomic mass is 79.9. The van der Waals surface area contributed by atoms with Crippen molar-refractivity contribution in [3.8, 4) is 0 Å². The fourth-order valence-corrected chi connectivity index (χ4v) is 3.15. The number of aliphatic hydroxyl groups is 1. The average molecular weight is 312 g/mol. The van der Waals surface area contributed by atoms with Crippen molar-refractivity contribution in [2.24, 2.45) is 5.92 Å². The van der Waals surface area contributed by atoms with E-state index >= 15 is 0 Å². The van der Waals surface area contributed by atoms with E-state index in [9.17, 15) is 0 Å². The number of hydrogen-bond acceptors (Lipinski definition) is 2. The number of hydrogen-bond donors (Lipinski definition) is 2. The van der Waals surface area contributed by atoms with Crippen LogP contribution in [0.2, 0.25) is 0 Å². The summed E-state index contributed by atoms with van der Waals surface area (Å²) >= 11 is 3.53. The fourth-order valence-electron chi connectivity index (χ4n) is 2.74. The van der Waals surface area contributed by atoms with E-state index in [4.69, 9.17) is 5.11 Å². The Morgan fingerprint density at radius 2 is 2.33 bits per heavy atom. The van der Waals surface area contributed by atoms with Crippen molar-refractivity contribution >= 4 is 15.9 Å². The SMILES string of the molecule is CCC(CCO)CNC1CCc2cc(Br)ccc21. The molecule has 0 saturated carbocycles. The Kier molecular flexibility index (Phi) is 5.22. The van der Waals surface area contributed by atoms with Crippen molar-refractivity contribution in [2.45, 2.75) is 38.6 Å². The molecule has 0 amide bonds. The van der Waals surface area contributed by atoms with Gasteiger partial charge < -0.3 is 10.4 Å². The van der Waals surface area contributed by atoms with Crippen LogP contribution >= 0.6 is 15.9 Å². The van der Waals surface area contributed by atoms with E-state index in [1.54, 1.807) is 0 Å². The maximum Gasteiger partial charge on any atom is 0.0434 e. The van der Waals surface area contributed by atoms with Gasteiger partial charge in [0.05, 0.1) is 0 Å². The van der Waals surface area contributed by atoms with Crippen molar-refractivity contribution in [3.63, 3.8) is 0 Å². The quantitative estimate of drug-likeness (QED) is 0.843. The molecule has 0 saturated heterocycles. The molecule has 100 valence electrons. The van der Waals surface area contributed by atoms with Gasteiger partial charge in [0, 0.05) is 17.1 Å². The molecule has 0 aliphatic heterocycles. The van der Waals surface area contributed by atoms with Gasteiger partial charge in [-0.05, 0) is 55.0 Å². The topological polar surface area (TPSA) is 32.3 Å². The summed E-state index contributed by atoms with van der Waals surface area (Å²) in [7, 11) is 0. The van der Waals surface area contributed by atoms with Gasteiger partial charge in [-0.2, -0.15) is 0 Å². The molecule has 0 aromatic heterocycles. The van der Waals surface area contributed by atoms with Crippen LogP contribution < -0.4 is 5.32 Å². The van der Waals surface area contributed by atoms with Crippen molar-refractivity contribution in [1.82, 2.24) is 5.32 Å². The third-order valence-electron chi connectivity index (χ3n) is 3.95. The van der Waals surface area contributed by atoms with Gasteiger partial charge in [0.2, 0.25) is 0 Å². The van der Waals surface area contributed by atoms with Crippen molar-refractivity contribution in [3.05, 3.63) is 33.8 Å². The van der Waals surface area contributed by atoms with Crippen molar-refractivity contribution in [2.75, 3.05) is 13.2 Å². The van der Waals surface area contributed by atoms with Crippen molar-refractivity contribution < 1.29 is 5.11 Å². The normalized spacial score (nSPS) is 19.8. The van der Waals surface area contributed by atoms with Crippen molar-refractivity contribution in [1.29, 1.82) is 0 Å². The van der Waals surface area contributed by atoms with Crippen LogP contribution in [-0.2, 0) is 6.42 Å². The second-order valence-electron chi connectivity index (χ2n) is 5.13. The molecule has 3 heteroatoms. The summed E-state index contributed by atoms with van der Waals surface area (Å²) in [5.74, 6) is 0.592. The van der Waals surface area contributed by atoms with Crippen LogP contribution in [0.1, 0.15) is 43.4 Å². The Morgan fingerprint density at radius 3 is 3.06 bits per heavy atom. The Hall–Kier alpha value is -0.380. The van der Waals surface area contributed by atoms with E-state index in [2.05, 4.69) is 46.4 Å². The molecule has 0 bridgehead atoms. The predicted octanol–water partition coefficient (Wildman–Crippen LogP) is 3.43. The lowest BCUT2D eigenvalue weighted by molar-refractivity contribution is 0.248. The number of fused-ring (bicyclic) bond motifs is 1. The molecular formula is C15H22BrNO. The summed E-state index contributed by atoms with van der Waals surface area (Å²) in [5.41, 5.74) is 2.93. The molecule has 18 heavy (non-hydrogen) atoms. The number of aliphatic hydroxyl groups excluding tert-OH is 1. The molecule has 2 unspecified atom stereocenters. The van der Waals surface area contributed by atoms with Crippen LogP contribution in [0.25, 0.3) is 0 Å². The molecule has 0 radical (unpaired) electrons. The average Bonchev–Trinajstić information content (AvgIpc) is 2.76. The largest absolute Gasteiger partial charge is 0.396 e. The van der Waals surface area contributed by atoms with Gasteiger partial charge in [-0.25, -0.2) is 0 Å². The Bertz CT molecular complexity index is 394. The number of aryl methyl sites for hydroxylation is 1. The summed E-state index contributed by atoms with van der Waals surface area (Å²) in [4.78, 5) is 0. The summed E-state index contributed by atoms with van der Waals surface area (Å²) in [6.45, 7) is 3.51. The lowest BCUT2D eigenvalue weighted by atomic mass is 10.0. The molecule has 1 aromatic rings. The molecule has 2 N–H and O–H groups in total. The summed E-state index contributed by atoms with van der Waals surface area (Å²) < 4.78 is 1.17. The minimum atomic E-state index is 0.300. The molecule has 1 aliphatic rings. The fraction of sp³-hybridized carbons (Fsp3) is 0.600. The molecule has 0 heterocycles. The molecule has 1 aromatic carbocycles. The van der Waals surface area contributed by atoms with Gasteiger partial charge >= 0.3 is 0 Å². The van der Waals surface area contributed by atoms with Gasteiger partial charge in [0.25, 0.3) is 0 Å². The van der Waals surface area contributed by atoms with Crippen LogP contribution in [0.15, 0.2) is 22.7 Å². The molecule has 2 nitrogen and oxygen atoms in total. The zero-order chi connectivity index (χ0) is 13.0. The standard InChI is InChI=1S/C15H22BrNO/c1-2-11(7-8-18)10-17-15-6-3-12-9-13(16)4-5-14(12)15/h4-5,9,11,15,17-18H,2-3,6-8,10H2,1H3. The lowest BCUT2D eigenvalue weighted by Crippen LogP contribution is -2.26. The Labute approximate surface area is 118 Å². The zero-order valence-corrected chi connectivity index (χ0v) is 12.5. The first-order valence-electron chi connectivity index (χ1n) is 6.87.